The zero-order valence-electron chi connectivity index (χ0n) is 28.3. The Bertz CT molecular complexity index is 1420. The molecule has 0 unspecified atom stereocenters. The molecule has 23 nitrogen and oxygen atoms in total. The van der Waals surface area contributed by atoms with E-state index in [1.807, 2.05) is 0 Å². The largest absolute Gasteiger partial charge is 0.394 e. The molecule has 3 rings (SSSR count). The molecule has 0 spiro atoms. The Morgan fingerprint density at radius 3 is 1.02 bits per heavy atom. The second kappa shape index (κ2) is 24.0. The van der Waals surface area contributed by atoms with Crippen molar-refractivity contribution in [1.82, 2.24) is 29.9 Å². The fourth-order valence-corrected chi connectivity index (χ4v) is 4.49. The highest BCUT2D eigenvalue weighted by Crippen LogP contribution is 2.27. The van der Waals surface area contributed by atoms with Crippen LogP contribution in [0, 0.1) is 0 Å². The second-order valence-electron chi connectivity index (χ2n) is 10.1. The number of nitrogens with one attached hydrogen (secondary N) is 6. The standard InChI is InChI=1S/C28H46N12O11S/c41-5-13-48-9-1-29-23-35-24(30-2-10-49-14-6-42)38-27(37-23)33-20-17-21(19-22(18-20)52(45,46)47)34-28-39-25(31-3-11-50-15-7-43)36-26(40-28)32-4-12-51-16-8-44/h17-19,41-44H,1-16H2,(H,45,46,47)(H3,29,30,33,35,37,38)(H3,31,32,34,36,39,40). The predicted octanol–water partition coefficient (Wildman–Crippen LogP) is -1.53. The molecule has 0 aliphatic carbocycles. The van der Waals surface area contributed by atoms with Crippen molar-refractivity contribution in [3.05, 3.63) is 18.2 Å². The third-order valence-electron chi connectivity index (χ3n) is 6.05. The maximum Gasteiger partial charge on any atom is 0.294 e. The lowest BCUT2D eigenvalue weighted by Gasteiger charge is -2.14. The van der Waals surface area contributed by atoms with Crippen LogP contribution < -0.4 is 31.9 Å². The molecule has 0 bridgehead atoms. The van der Waals surface area contributed by atoms with Gasteiger partial charge < -0.3 is 71.3 Å². The first-order valence-corrected chi connectivity index (χ1v) is 17.6. The monoisotopic (exact) mass is 758 g/mol. The minimum atomic E-state index is -4.71. The Balaban J connectivity index is 1.88. The van der Waals surface area contributed by atoms with E-state index in [0.29, 0.717) is 26.2 Å². The molecule has 0 atom stereocenters. The van der Waals surface area contributed by atoms with Crippen molar-refractivity contribution in [2.75, 3.05) is 137 Å². The van der Waals surface area contributed by atoms with Gasteiger partial charge in [-0.05, 0) is 18.2 Å². The smallest absolute Gasteiger partial charge is 0.294 e. The van der Waals surface area contributed by atoms with Crippen molar-refractivity contribution < 1.29 is 52.3 Å². The Labute approximate surface area is 299 Å². The van der Waals surface area contributed by atoms with Gasteiger partial charge in [-0.25, -0.2) is 0 Å². The highest BCUT2D eigenvalue weighted by molar-refractivity contribution is 7.85. The highest BCUT2D eigenvalue weighted by atomic mass is 32.2. The van der Waals surface area contributed by atoms with Gasteiger partial charge >= 0.3 is 0 Å². The summed E-state index contributed by atoms with van der Waals surface area (Å²) in [5.74, 6) is 0.555. The lowest BCUT2D eigenvalue weighted by molar-refractivity contribution is 0.0990. The molecule has 0 fully saturated rings. The normalized spacial score (nSPS) is 11.3. The fraction of sp³-hybridized carbons (Fsp3) is 0.571. The third-order valence-corrected chi connectivity index (χ3v) is 6.88. The molecule has 1 aromatic carbocycles. The Kier molecular flexibility index (Phi) is 19.4. The van der Waals surface area contributed by atoms with E-state index in [2.05, 4.69) is 61.8 Å². The van der Waals surface area contributed by atoms with Crippen LogP contribution >= 0.6 is 0 Å². The quantitative estimate of drug-likeness (QED) is 0.0283. The van der Waals surface area contributed by atoms with Crippen LogP contribution in [-0.4, -0.2) is 169 Å². The molecule has 2 aromatic heterocycles. The van der Waals surface area contributed by atoms with E-state index in [4.69, 9.17) is 39.4 Å². The van der Waals surface area contributed by atoms with Gasteiger partial charge in [0.1, 0.15) is 0 Å². The lowest BCUT2D eigenvalue weighted by Crippen LogP contribution is -2.17. The molecule has 0 saturated carbocycles. The minimum Gasteiger partial charge on any atom is -0.394 e. The first kappa shape index (κ1) is 42.0. The number of aliphatic hydroxyl groups excluding tert-OH is 4. The number of anilines is 8. The van der Waals surface area contributed by atoms with Gasteiger partial charge in [0.25, 0.3) is 10.1 Å². The average Bonchev–Trinajstić information content (AvgIpc) is 3.11. The fourth-order valence-electron chi connectivity index (χ4n) is 3.94. The molecule has 0 saturated heterocycles. The lowest BCUT2D eigenvalue weighted by atomic mass is 10.2. The van der Waals surface area contributed by atoms with Gasteiger partial charge in [0.2, 0.25) is 35.7 Å². The van der Waals surface area contributed by atoms with Crippen molar-refractivity contribution in [2.45, 2.75) is 4.90 Å². The number of aromatic nitrogens is 6. The number of benzene rings is 1. The van der Waals surface area contributed by atoms with E-state index in [9.17, 15) is 13.0 Å². The van der Waals surface area contributed by atoms with E-state index >= 15 is 0 Å². The number of ether oxygens (including phenoxy) is 4. The van der Waals surface area contributed by atoms with Gasteiger partial charge in [0, 0.05) is 37.6 Å². The van der Waals surface area contributed by atoms with Gasteiger partial charge in [-0.2, -0.15) is 38.3 Å². The molecule has 0 aliphatic rings. The van der Waals surface area contributed by atoms with Crippen LogP contribution in [0.1, 0.15) is 0 Å². The summed E-state index contributed by atoms with van der Waals surface area (Å²) >= 11 is 0. The maximum absolute atomic E-state index is 12.3. The third kappa shape index (κ3) is 16.8. The SMILES string of the molecule is O=S(=O)(O)c1cc(Nc2nc(NCCOCCO)nc(NCCOCCO)n2)cc(Nc2nc(NCCOCCO)nc(NCCOCCO)n2)c1. The summed E-state index contributed by atoms with van der Waals surface area (Å²) in [6.07, 6.45) is 0. The van der Waals surface area contributed by atoms with Crippen molar-refractivity contribution >= 4 is 57.2 Å². The van der Waals surface area contributed by atoms with E-state index in [1.165, 1.54) is 18.2 Å². The number of nitrogens with zero attached hydrogens (tertiary/aromatic N) is 6. The van der Waals surface area contributed by atoms with E-state index in [-0.39, 0.29) is 126 Å². The zero-order chi connectivity index (χ0) is 37.4. The summed E-state index contributed by atoms with van der Waals surface area (Å²) in [6.45, 7) is 2.30. The van der Waals surface area contributed by atoms with Crippen LogP contribution in [0.25, 0.3) is 0 Å². The van der Waals surface area contributed by atoms with Crippen molar-refractivity contribution in [3.63, 3.8) is 0 Å². The molecule has 24 heteroatoms. The van der Waals surface area contributed by atoms with E-state index in [0.717, 1.165) is 0 Å². The molecule has 3 aromatic rings. The average molecular weight is 759 g/mol. The maximum atomic E-state index is 12.3. The number of aliphatic hydroxyl groups is 4. The summed E-state index contributed by atoms with van der Waals surface area (Å²) in [5, 5.41) is 53.5. The minimum absolute atomic E-state index is 0.00374. The van der Waals surface area contributed by atoms with Crippen LogP contribution in [-0.2, 0) is 29.1 Å². The summed E-state index contributed by atoms with van der Waals surface area (Å²) in [6, 6.07) is 3.84. The molecule has 11 N–H and O–H groups in total. The molecule has 52 heavy (non-hydrogen) atoms. The summed E-state index contributed by atoms with van der Waals surface area (Å²) in [7, 11) is -4.71. The van der Waals surface area contributed by atoms with Crippen LogP contribution in [0.5, 0.6) is 0 Å². The van der Waals surface area contributed by atoms with Crippen LogP contribution in [0.3, 0.4) is 0 Å². The molecular weight excluding hydrogens is 712 g/mol. The van der Waals surface area contributed by atoms with Crippen LogP contribution in [0.15, 0.2) is 23.1 Å². The van der Waals surface area contributed by atoms with Crippen molar-refractivity contribution in [1.29, 1.82) is 0 Å². The van der Waals surface area contributed by atoms with E-state index < -0.39 is 15.0 Å². The number of rotatable bonds is 29. The Morgan fingerprint density at radius 1 is 0.462 bits per heavy atom. The molecule has 290 valence electrons. The van der Waals surface area contributed by atoms with Gasteiger partial charge in [-0.3, -0.25) is 4.55 Å². The van der Waals surface area contributed by atoms with E-state index in [1.54, 1.807) is 0 Å². The molecule has 0 aliphatic heterocycles. The Morgan fingerprint density at radius 2 is 0.750 bits per heavy atom. The summed E-state index contributed by atoms with van der Waals surface area (Å²) < 4.78 is 55.6. The Hall–Kier alpha value is -4.37. The van der Waals surface area contributed by atoms with Gasteiger partial charge in [0.15, 0.2) is 0 Å². The summed E-state index contributed by atoms with van der Waals surface area (Å²) in [5.41, 5.74) is 0.289. The molecule has 2 heterocycles. The van der Waals surface area contributed by atoms with Gasteiger partial charge in [-0.1, -0.05) is 0 Å². The first-order valence-electron chi connectivity index (χ1n) is 16.1. The van der Waals surface area contributed by atoms with Crippen molar-refractivity contribution in [2.24, 2.45) is 0 Å². The highest BCUT2D eigenvalue weighted by Gasteiger charge is 2.16. The zero-order valence-corrected chi connectivity index (χ0v) is 29.1. The topological polar surface area (TPSA) is 322 Å². The second-order valence-corrected chi connectivity index (χ2v) is 11.6. The number of hydrogen-bond donors (Lipinski definition) is 11. The number of hydrogen-bond acceptors (Lipinski definition) is 22. The molecule has 0 radical (unpaired) electrons. The predicted molar refractivity (Wildman–Crippen MR) is 188 cm³/mol. The molecule has 0 amide bonds. The van der Waals surface area contributed by atoms with Crippen LogP contribution in [0.2, 0.25) is 0 Å². The molecular formula is C28H46N12O11S. The van der Waals surface area contributed by atoms with Gasteiger partial charge in [0.05, 0.1) is 84.2 Å². The summed E-state index contributed by atoms with van der Waals surface area (Å²) in [4.78, 5) is 25.5. The van der Waals surface area contributed by atoms with Crippen molar-refractivity contribution in [3.8, 4) is 0 Å². The van der Waals surface area contributed by atoms with Gasteiger partial charge in [-0.15, -0.1) is 0 Å². The first-order chi connectivity index (χ1) is 25.2. The van der Waals surface area contributed by atoms with Crippen LogP contribution in [0.4, 0.5) is 47.1 Å².